The first-order valence-electron chi connectivity index (χ1n) is 5.44. The molecule has 0 radical (unpaired) electrons. The fraction of sp³-hybridized carbons (Fsp3) is 0.231. The molecule has 0 spiro atoms. The van der Waals surface area contributed by atoms with Gasteiger partial charge in [-0.1, -0.05) is 30.7 Å². The average Bonchev–Trinajstić information content (AvgIpc) is 2.84. The summed E-state index contributed by atoms with van der Waals surface area (Å²) in [5, 5.41) is 3.36. The molecule has 0 saturated heterocycles. The lowest BCUT2D eigenvalue weighted by atomic mass is 10.0. The molecule has 0 bridgehead atoms. The standard InChI is InChI=1S/C13H13ClFNO/c1-2-16-13(11-7-4-8-17-11)9-5-3-6-10(15)12(9)14/h3-8,13,16H,2H2,1H3. The average molecular weight is 254 g/mol. The van der Waals surface area contributed by atoms with E-state index in [-0.39, 0.29) is 11.1 Å². The van der Waals surface area contributed by atoms with E-state index in [1.807, 2.05) is 13.0 Å². The van der Waals surface area contributed by atoms with Gasteiger partial charge in [-0.05, 0) is 30.3 Å². The molecule has 0 aliphatic rings. The maximum absolute atomic E-state index is 13.4. The van der Waals surface area contributed by atoms with Gasteiger partial charge in [0.25, 0.3) is 0 Å². The van der Waals surface area contributed by atoms with Gasteiger partial charge >= 0.3 is 0 Å². The Kier molecular flexibility index (Phi) is 3.82. The van der Waals surface area contributed by atoms with Crippen molar-refractivity contribution in [1.29, 1.82) is 0 Å². The van der Waals surface area contributed by atoms with Crippen molar-refractivity contribution in [1.82, 2.24) is 5.32 Å². The number of rotatable bonds is 4. The molecular weight excluding hydrogens is 241 g/mol. The van der Waals surface area contributed by atoms with Crippen LogP contribution >= 0.6 is 11.6 Å². The third kappa shape index (κ3) is 2.51. The van der Waals surface area contributed by atoms with Crippen LogP contribution in [0.3, 0.4) is 0 Å². The Hall–Kier alpha value is -1.32. The summed E-state index contributed by atoms with van der Waals surface area (Å²) in [5.41, 5.74) is 0.684. The largest absolute Gasteiger partial charge is 0.467 e. The minimum atomic E-state index is -0.418. The van der Waals surface area contributed by atoms with Gasteiger partial charge in [0, 0.05) is 0 Å². The predicted molar refractivity (Wildman–Crippen MR) is 65.6 cm³/mol. The number of nitrogens with one attached hydrogen (secondary N) is 1. The summed E-state index contributed by atoms with van der Waals surface area (Å²) in [5.74, 6) is 0.304. The van der Waals surface area contributed by atoms with Crippen molar-refractivity contribution in [3.05, 3.63) is 58.8 Å². The summed E-state index contributed by atoms with van der Waals surface area (Å²) in [4.78, 5) is 0. The first-order chi connectivity index (χ1) is 8.24. The zero-order chi connectivity index (χ0) is 12.3. The molecule has 0 fully saturated rings. The van der Waals surface area contributed by atoms with E-state index in [0.717, 1.165) is 12.3 Å². The van der Waals surface area contributed by atoms with E-state index in [9.17, 15) is 4.39 Å². The van der Waals surface area contributed by atoms with Crippen LogP contribution in [0.5, 0.6) is 0 Å². The van der Waals surface area contributed by atoms with E-state index < -0.39 is 5.82 Å². The Morgan fingerprint density at radius 1 is 1.35 bits per heavy atom. The number of benzene rings is 1. The number of hydrogen-bond donors (Lipinski definition) is 1. The summed E-state index contributed by atoms with van der Waals surface area (Å²) in [6, 6.07) is 8.20. The molecule has 1 aromatic carbocycles. The third-order valence-corrected chi connectivity index (χ3v) is 2.93. The van der Waals surface area contributed by atoms with Crippen LogP contribution in [0.1, 0.15) is 24.3 Å². The van der Waals surface area contributed by atoms with E-state index in [2.05, 4.69) is 5.32 Å². The second-order valence-corrected chi connectivity index (χ2v) is 4.03. The van der Waals surface area contributed by atoms with Gasteiger partial charge in [0.15, 0.2) is 0 Å². The van der Waals surface area contributed by atoms with Crippen LogP contribution < -0.4 is 5.32 Å². The lowest BCUT2D eigenvalue weighted by Crippen LogP contribution is -2.22. The Bertz CT molecular complexity index is 484. The van der Waals surface area contributed by atoms with E-state index in [4.69, 9.17) is 16.0 Å². The van der Waals surface area contributed by atoms with Crippen LogP contribution in [0.15, 0.2) is 41.0 Å². The number of furan rings is 1. The van der Waals surface area contributed by atoms with Gasteiger partial charge < -0.3 is 9.73 Å². The molecule has 17 heavy (non-hydrogen) atoms. The highest BCUT2D eigenvalue weighted by Crippen LogP contribution is 2.30. The van der Waals surface area contributed by atoms with Gasteiger partial charge in [-0.2, -0.15) is 0 Å². The Morgan fingerprint density at radius 2 is 2.18 bits per heavy atom. The van der Waals surface area contributed by atoms with Crippen molar-refractivity contribution in [3.63, 3.8) is 0 Å². The van der Waals surface area contributed by atoms with Crippen molar-refractivity contribution in [2.45, 2.75) is 13.0 Å². The first-order valence-corrected chi connectivity index (χ1v) is 5.82. The third-order valence-electron chi connectivity index (χ3n) is 2.53. The maximum Gasteiger partial charge on any atom is 0.142 e. The van der Waals surface area contributed by atoms with E-state index >= 15 is 0 Å². The SMILES string of the molecule is CCNC(c1ccco1)c1cccc(F)c1Cl. The van der Waals surface area contributed by atoms with Gasteiger partial charge in [-0.25, -0.2) is 4.39 Å². The zero-order valence-corrected chi connectivity index (χ0v) is 10.2. The van der Waals surface area contributed by atoms with Gasteiger partial charge in [0.2, 0.25) is 0 Å². The molecule has 1 N–H and O–H groups in total. The molecule has 1 heterocycles. The van der Waals surface area contributed by atoms with Gasteiger partial charge in [-0.15, -0.1) is 0 Å². The summed E-state index contributed by atoms with van der Waals surface area (Å²) >= 11 is 5.98. The Balaban J connectivity index is 2.43. The van der Waals surface area contributed by atoms with Gasteiger partial charge in [0.05, 0.1) is 17.3 Å². The summed E-state index contributed by atoms with van der Waals surface area (Å²) < 4.78 is 18.8. The van der Waals surface area contributed by atoms with Crippen molar-refractivity contribution < 1.29 is 8.81 Å². The maximum atomic E-state index is 13.4. The molecular formula is C13H13ClFNO. The van der Waals surface area contributed by atoms with Crippen molar-refractivity contribution >= 4 is 11.6 Å². The van der Waals surface area contributed by atoms with E-state index in [1.54, 1.807) is 24.5 Å². The Morgan fingerprint density at radius 3 is 2.82 bits per heavy atom. The molecule has 0 aliphatic carbocycles. The van der Waals surface area contributed by atoms with Crippen molar-refractivity contribution in [2.75, 3.05) is 6.54 Å². The zero-order valence-electron chi connectivity index (χ0n) is 9.41. The van der Waals surface area contributed by atoms with E-state index in [0.29, 0.717) is 5.56 Å². The topological polar surface area (TPSA) is 25.2 Å². The van der Waals surface area contributed by atoms with E-state index in [1.165, 1.54) is 6.07 Å². The number of hydrogen-bond acceptors (Lipinski definition) is 2. The second-order valence-electron chi connectivity index (χ2n) is 3.65. The predicted octanol–water partition coefficient (Wildman–Crippen LogP) is 3.77. The highest BCUT2D eigenvalue weighted by atomic mass is 35.5. The van der Waals surface area contributed by atoms with Crippen LogP contribution in [0.25, 0.3) is 0 Å². The fourth-order valence-corrected chi connectivity index (χ4v) is 2.00. The first kappa shape index (κ1) is 12.1. The van der Waals surface area contributed by atoms with Crippen LogP contribution in [-0.2, 0) is 0 Å². The molecule has 2 nitrogen and oxygen atoms in total. The Labute approximate surface area is 104 Å². The van der Waals surface area contributed by atoms with Crippen LogP contribution in [0.4, 0.5) is 4.39 Å². The molecule has 4 heteroatoms. The monoisotopic (exact) mass is 253 g/mol. The van der Waals surface area contributed by atoms with Gasteiger partial charge in [0.1, 0.15) is 11.6 Å². The summed E-state index contributed by atoms with van der Waals surface area (Å²) in [7, 11) is 0. The summed E-state index contributed by atoms with van der Waals surface area (Å²) in [6.07, 6.45) is 1.59. The highest BCUT2D eigenvalue weighted by Gasteiger charge is 2.19. The molecule has 0 saturated carbocycles. The normalized spacial score (nSPS) is 12.6. The lowest BCUT2D eigenvalue weighted by Gasteiger charge is -2.17. The molecule has 90 valence electrons. The molecule has 2 rings (SSSR count). The molecule has 0 amide bonds. The summed E-state index contributed by atoms with van der Waals surface area (Å²) in [6.45, 7) is 2.71. The fourth-order valence-electron chi connectivity index (χ4n) is 1.77. The second kappa shape index (κ2) is 5.34. The molecule has 1 unspecified atom stereocenters. The van der Waals surface area contributed by atoms with Crippen LogP contribution in [-0.4, -0.2) is 6.54 Å². The minimum absolute atomic E-state index is 0.134. The van der Waals surface area contributed by atoms with Crippen LogP contribution in [0, 0.1) is 5.82 Å². The molecule has 0 aliphatic heterocycles. The van der Waals surface area contributed by atoms with Crippen molar-refractivity contribution in [2.24, 2.45) is 0 Å². The van der Waals surface area contributed by atoms with Crippen LogP contribution in [0.2, 0.25) is 5.02 Å². The lowest BCUT2D eigenvalue weighted by molar-refractivity contribution is 0.451. The quantitative estimate of drug-likeness (QED) is 0.897. The van der Waals surface area contributed by atoms with Crippen molar-refractivity contribution in [3.8, 4) is 0 Å². The smallest absolute Gasteiger partial charge is 0.142 e. The molecule has 1 aromatic heterocycles. The molecule has 2 aromatic rings. The van der Waals surface area contributed by atoms with Gasteiger partial charge in [-0.3, -0.25) is 0 Å². The number of halogens is 2. The highest BCUT2D eigenvalue weighted by molar-refractivity contribution is 6.31. The minimum Gasteiger partial charge on any atom is -0.467 e. The molecule has 1 atom stereocenters.